The molecule has 2 heterocycles. The zero-order chi connectivity index (χ0) is 16.6. The molecule has 0 saturated carbocycles. The third-order valence-corrected chi connectivity index (χ3v) is 5.51. The molecule has 4 N–H and O–H groups in total. The van der Waals surface area contributed by atoms with Crippen molar-refractivity contribution in [3.63, 3.8) is 0 Å². The molecular formula is C15H17INO5S+. The van der Waals surface area contributed by atoms with Gasteiger partial charge < -0.3 is 25.2 Å². The number of halogens is 1. The minimum absolute atomic E-state index is 0.439. The first-order valence-electron chi connectivity index (χ1n) is 7.08. The van der Waals surface area contributed by atoms with Crippen molar-refractivity contribution in [2.24, 2.45) is 0 Å². The lowest BCUT2D eigenvalue weighted by Crippen LogP contribution is -2.62. The van der Waals surface area contributed by atoms with Gasteiger partial charge >= 0.3 is 0 Å². The van der Waals surface area contributed by atoms with Crippen molar-refractivity contribution in [3.8, 4) is 10.6 Å². The molecule has 1 aliphatic rings. The average Bonchev–Trinajstić information content (AvgIpc) is 3.03. The Labute approximate surface area is 150 Å². The fraction of sp³-hybridized carbons (Fsp3) is 0.400. The maximum absolute atomic E-state index is 10.3. The van der Waals surface area contributed by atoms with E-state index in [0.29, 0.717) is 0 Å². The second-order valence-corrected chi connectivity index (χ2v) is 7.48. The number of benzene rings is 1. The molecule has 2 aromatic rings. The summed E-state index contributed by atoms with van der Waals surface area (Å²) in [5.41, 5.74) is 0.956. The standard InChI is InChI=1S/C15H17INO5S/c16-9-3-1-8(2-4-9)15-17(5-6-23-15)14-13(21)12(20)11(19)10(7-18)22-14/h1-6,10-14,18-21H,7H2/q+1/t10-,11-,12+,13-,14?/m0/s1. The van der Waals surface area contributed by atoms with E-state index in [4.69, 9.17) is 4.74 Å². The Morgan fingerprint density at radius 1 is 1.09 bits per heavy atom. The molecule has 0 spiro atoms. The summed E-state index contributed by atoms with van der Waals surface area (Å²) in [7, 11) is 0. The van der Waals surface area contributed by atoms with Crippen molar-refractivity contribution >= 4 is 33.9 Å². The zero-order valence-electron chi connectivity index (χ0n) is 12.0. The first-order valence-corrected chi connectivity index (χ1v) is 9.04. The number of aliphatic hydroxyl groups excluding tert-OH is 4. The predicted molar refractivity (Wildman–Crippen MR) is 91.7 cm³/mol. The van der Waals surface area contributed by atoms with Crippen LogP contribution in [-0.4, -0.2) is 51.4 Å². The van der Waals surface area contributed by atoms with E-state index in [1.807, 2.05) is 29.6 Å². The SMILES string of the molecule is OC[C@@H]1OC([n+]2ccsc2-c2ccc(I)cc2)[C@@H](O)[C@H](O)[C@H]1O. The molecule has 1 aliphatic heterocycles. The van der Waals surface area contributed by atoms with Gasteiger partial charge in [-0.25, -0.2) is 0 Å². The van der Waals surface area contributed by atoms with Crippen molar-refractivity contribution < 1.29 is 29.7 Å². The molecule has 3 rings (SSSR count). The van der Waals surface area contributed by atoms with Crippen LogP contribution in [0.4, 0.5) is 0 Å². The lowest BCUT2D eigenvalue weighted by atomic mass is 9.98. The topological polar surface area (TPSA) is 94.0 Å². The Morgan fingerprint density at radius 2 is 1.78 bits per heavy atom. The second-order valence-electron chi connectivity index (χ2n) is 5.34. The maximum atomic E-state index is 10.3. The highest BCUT2D eigenvalue weighted by molar-refractivity contribution is 14.1. The molecule has 8 heteroatoms. The van der Waals surface area contributed by atoms with Crippen molar-refractivity contribution in [2.45, 2.75) is 30.6 Å². The summed E-state index contributed by atoms with van der Waals surface area (Å²) >= 11 is 3.70. The summed E-state index contributed by atoms with van der Waals surface area (Å²) in [6.07, 6.45) is -4.09. The lowest BCUT2D eigenvalue weighted by Gasteiger charge is -2.36. The van der Waals surface area contributed by atoms with Crippen LogP contribution in [0.15, 0.2) is 35.8 Å². The van der Waals surface area contributed by atoms with Gasteiger partial charge in [0.2, 0.25) is 0 Å². The fourth-order valence-electron chi connectivity index (χ4n) is 2.61. The van der Waals surface area contributed by atoms with E-state index in [-0.39, 0.29) is 0 Å². The zero-order valence-corrected chi connectivity index (χ0v) is 15.0. The summed E-state index contributed by atoms with van der Waals surface area (Å²) in [6.45, 7) is -0.439. The van der Waals surface area contributed by atoms with Crippen LogP contribution in [0.1, 0.15) is 6.23 Å². The molecule has 6 nitrogen and oxygen atoms in total. The van der Waals surface area contributed by atoms with Crippen LogP contribution in [0.2, 0.25) is 0 Å². The van der Waals surface area contributed by atoms with Crippen molar-refractivity contribution in [2.75, 3.05) is 6.61 Å². The van der Waals surface area contributed by atoms with E-state index >= 15 is 0 Å². The minimum atomic E-state index is -1.39. The molecule has 23 heavy (non-hydrogen) atoms. The third-order valence-electron chi connectivity index (χ3n) is 3.87. The summed E-state index contributed by atoms with van der Waals surface area (Å²) in [4.78, 5) is 0. The average molecular weight is 450 g/mol. The van der Waals surface area contributed by atoms with Gasteiger partial charge in [-0.15, -0.1) is 0 Å². The van der Waals surface area contributed by atoms with Crippen LogP contribution in [0.5, 0.6) is 0 Å². The number of aliphatic hydroxyl groups is 4. The van der Waals surface area contributed by atoms with Gasteiger partial charge in [-0.3, -0.25) is 0 Å². The van der Waals surface area contributed by atoms with E-state index in [1.165, 1.54) is 11.3 Å². The Hall–Kier alpha value is -0.620. The van der Waals surface area contributed by atoms with E-state index in [0.717, 1.165) is 14.1 Å². The number of ether oxygens (including phenoxy) is 1. The van der Waals surface area contributed by atoms with Crippen LogP contribution in [0, 0.1) is 3.57 Å². The number of hydrogen-bond acceptors (Lipinski definition) is 6. The summed E-state index contributed by atoms with van der Waals surface area (Å²) in [5.74, 6) is 0. The molecule has 1 aromatic heterocycles. The smallest absolute Gasteiger partial charge is 0.293 e. The largest absolute Gasteiger partial charge is 0.394 e. The van der Waals surface area contributed by atoms with Crippen LogP contribution < -0.4 is 4.57 Å². The van der Waals surface area contributed by atoms with Crippen molar-refractivity contribution in [1.82, 2.24) is 0 Å². The van der Waals surface area contributed by atoms with Gasteiger partial charge in [-0.2, -0.15) is 4.57 Å². The first-order chi connectivity index (χ1) is 11.0. The van der Waals surface area contributed by atoms with Crippen molar-refractivity contribution in [3.05, 3.63) is 39.4 Å². The predicted octanol–water partition coefficient (Wildman–Crippen LogP) is 0.280. The van der Waals surface area contributed by atoms with Crippen LogP contribution >= 0.6 is 33.9 Å². The Morgan fingerprint density at radius 3 is 2.43 bits per heavy atom. The van der Waals surface area contributed by atoms with Gasteiger partial charge in [0.15, 0.2) is 12.3 Å². The highest BCUT2D eigenvalue weighted by atomic mass is 127. The third kappa shape index (κ3) is 3.29. The molecule has 1 saturated heterocycles. The summed E-state index contributed by atoms with van der Waals surface area (Å²) in [5, 5.41) is 42.1. The van der Waals surface area contributed by atoms with E-state index in [2.05, 4.69) is 22.6 Å². The first kappa shape index (κ1) is 17.2. The Balaban J connectivity index is 1.96. The highest BCUT2D eigenvalue weighted by Crippen LogP contribution is 2.29. The van der Waals surface area contributed by atoms with Gasteiger partial charge in [0.1, 0.15) is 18.3 Å². The lowest BCUT2D eigenvalue weighted by molar-refractivity contribution is -0.766. The molecule has 0 aliphatic carbocycles. The van der Waals surface area contributed by atoms with Gasteiger partial charge in [0.05, 0.1) is 17.6 Å². The second kappa shape index (κ2) is 7.09. The Kier molecular flexibility index (Phi) is 5.31. The van der Waals surface area contributed by atoms with Gasteiger partial charge in [-0.05, 0) is 46.9 Å². The number of hydrogen-bond donors (Lipinski definition) is 4. The molecular weight excluding hydrogens is 433 g/mol. The number of rotatable bonds is 3. The van der Waals surface area contributed by atoms with Crippen LogP contribution in [-0.2, 0) is 4.74 Å². The van der Waals surface area contributed by atoms with Crippen LogP contribution in [0.25, 0.3) is 10.6 Å². The van der Waals surface area contributed by atoms with Gasteiger partial charge in [0.25, 0.3) is 11.2 Å². The summed E-state index contributed by atoms with van der Waals surface area (Å²) < 4.78 is 8.45. The van der Waals surface area contributed by atoms with E-state index in [9.17, 15) is 20.4 Å². The minimum Gasteiger partial charge on any atom is -0.394 e. The number of nitrogens with zero attached hydrogens (tertiary/aromatic N) is 1. The van der Waals surface area contributed by atoms with Crippen LogP contribution in [0.3, 0.4) is 0 Å². The molecule has 0 radical (unpaired) electrons. The van der Waals surface area contributed by atoms with E-state index < -0.39 is 37.3 Å². The molecule has 0 amide bonds. The van der Waals surface area contributed by atoms with Gasteiger partial charge in [0, 0.05) is 3.57 Å². The highest BCUT2D eigenvalue weighted by Gasteiger charge is 2.49. The van der Waals surface area contributed by atoms with E-state index in [1.54, 1.807) is 10.8 Å². The van der Waals surface area contributed by atoms with Crippen molar-refractivity contribution in [1.29, 1.82) is 0 Å². The quantitative estimate of drug-likeness (QED) is 0.398. The normalized spacial score (nSPS) is 31.3. The molecule has 1 fully saturated rings. The monoisotopic (exact) mass is 450 g/mol. The number of aromatic nitrogens is 1. The molecule has 0 bridgehead atoms. The Bertz CT molecular complexity index is 662. The maximum Gasteiger partial charge on any atom is 0.293 e. The number of thiazole rings is 1. The molecule has 5 atom stereocenters. The molecule has 1 unspecified atom stereocenters. The fourth-order valence-corrected chi connectivity index (χ4v) is 3.85. The summed E-state index contributed by atoms with van der Waals surface area (Å²) in [6, 6.07) is 7.89. The molecule has 1 aromatic carbocycles. The molecule has 124 valence electrons. The van der Waals surface area contributed by atoms with Gasteiger partial charge in [-0.1, -0.05) is 11.3 Å².